The van der Waals surface area contributed by atoms with Gasteiger partial charge in [0, 0.05) is 18.2 Å². The first-order valence-electron chi connectivity index (χ1n) is 9.77. The van der Waals surface area contributed by atoms with Crippen LogP contribution in [0.25, 0.3) is 5.69 Å². The van der Waals surface area contributed by atoms with Crippen LogP contribution in [-0.4, -0.2) is 38.8 Å². The number of hydrogen-bond donors (Lipinski definition) is 0. The van der Waals surface area contributed by atoms with Crippen LogP contribution in [0.1, 0.15) is 42.0 Å². The second kappa shape index (κ2) is 8.43. The molecule has 1 unspecified atom stereocenters. The topological polar surface area (TPSA) is 56.1 Å². The molecule has 9 heteroatoms. The fourth-order valence-electron chi connectivity index (χ4n) is 3.98. The van der Waals surface area contributed by atoms with Crippen molar-refractivity contribution in [2.45, 2.75) is 38.0 Å². The molecule has 0 radical (unpaired) electrons. The summed E-state index contributed by atoms with van der Waals surface area (Å²) in [6, 6.07) is 11.3. The first kappa shape index (κ1) is 20.3. The molecule has 6 nitrogen and oxygen atoms in total. The molecule has 0 N–H and O–H groups in total. The Labute approximate surface area is 172 Å². The van der Waals surface area contributed by atoms with E-state index >= 15 is 0 Å². The Morgan fingerprint density at radius 2 is 1.90 bits per heavy atom. The van der Waals surface area contributed by atoms with E-state index in [2.05, 4.69) is 20.4 Å². The maximum atomic E-state index is 12.9. The second-order valence-electron chi connectivity index (χ2n) is 7.35. The zero-order valence-corrected chi connectivity index (χ0v) is 16.5. The van der Waals surface area contributed by atoms with E-state index < -0.39 is 11.7 Å². The quantitative estimate of drug-likeness (QED) is 0.615. The summed E-state index contributed by atoms with van der Waals surface area (Å²) >= 11 is 0. The summed E-state index contributed by atoms with van der Waals surface area (Å²) in [6.07, 6.45) is 0.197. The third-order valence-electron chi connectivity index (χ3n) is 5.49. The summed E-state index contributed by atoms with van der Waals surface area (Å²) in [5, 5.41) is 11.3. The number of methoxy groups -OCH3 is 1. The van der Waals surface area contributed by atoms with Gasteiger partial charge in [0.05, 0.1) is 18.4 Å². The fourth-order valence-corrected chi connectivity index (χ4v) is 3.98. The number of piperidine rings is 1. The van der Waals surface area contributed by atoms with Gasteiger partial charge < -0.3 is 4.74 Å². The van der Waals surface area contributed by atoms with Crippen LogP contribution in [0.15, 0.2) is 48.8 Å². The van der Waals surface area contributed by atoms with Gasteiger partial charge in [-0.3, -0.25) is 4.90 Å². The van der Waals surface area contributed by atoms with Crippen molar-refractivity contribution in [3.8, 4) is 11.4 Å². The lowest BCUT2D eigenvalue weighted by Crippen LogP contribution is -2.33. The predicted molar refractivity (Wildman–Crippen MR) is 104 cm³/mol. The number of aromatic nitrogens is 4. The first-order chi connectivity index (χ1) is 14.5. The summed E-state index contributed by atoms with van der Waals surface area (Å²) in [4.78, 5) is 2.30. The van der Waals surface area contributed by atoms with Gasteiger partial charge in [0.15, 0.2) is 0 Å². The number of likely N-dealkylation sites (tertiary alicyclic amines) is 1. The summed E-state index contributed by atoms with van der Waals surface area (Å²) in [6.45, 7) is 1.48. The minimum Gasteiger partial charge on any atom is -0.496 e. The zero-order valence-electron chi connectivity index (χ0n) is 16.5. The van der Waals surface area contributed by atoms with E-state index in [0.29, 0.717) is 6.54 Å². The lowest BCUT2D eigenvalue weighted by Gasteiger charge is -2.36. The Bertz CT molecular complexity index is 973. The van der Waals surface area contributed by atoms with Crippen molar-refractivity contribution in [2.75, 3.05) is 13.7 Å². The van der Waals surface area contributed by atoms with Gasteiger partial charge in [0.25, 0.3) is 0 Å². The highest BCUT2D eigenvalue weighted by atomic mass is 19.4. The van der Waals surface area contributed by atoms with Crippen molar-refractivity contribution in [1.82, 2.24) is 25.1 Å². The lowest BCUT2D eigenvalue weighted by atomic mass is 9.94. The molecule has 158 valence electrons. The number of hydrogen-bond acceptors (Lipinski definition) is 5. The normalized spacial score (nSPS) is 17.8. The minimum atomic E-state index is -4.32. The van der Waals surface area contributed by atoms with Crippen LogP contribution in [0.4, 0.5) is 13.2 Å². The average Bonchev–Trinajstić information content (AvgIpc) is 3.29. The summed E-state index contributed by atoms with van der Waals surface area (Å²) < 4.78 is 45.9. The van der Waals surface area contributed by atoms with E-state index in [4.69, 9.17) is 4.74 Å². The predicted octanol–water partition coefficient (Wildman–Crippen LogP) is 4.42. The highest BCUT2D eigenvalue weighted by Gasteiger charge is 2.31. The molecule has 1 aliphatic rings. The minimum absolute atomic E-state index is 0.0578. The molecule has 0 spiro atoms. The third-order valence-corrected chi connectivity index (χ3v) is 5.49. The van der Waals surface area contributed by atoms with E-state index in [1.807, 2.05) is 18.2 Å². The molecule has 1 atom stereocenters. The number of nitrogens with zero attached hydrogens (tertiary/aromatic N) is 5. The van der Waals surface area contributed by atoms with Crippen molar-refractivity contribution in [1.29, 1.82) is 0 Å². The summed E-state index contributed by atoms with van der Waals surface area (Å²) in [7, 11) is 1.62. The summed E-state index contributed by atoms with van der Waals surface area (Å²) in [5.41, 5.74) is 2.07. The maximum Gasteiger partial charge on any atom is 0.416 e. The van der Waals surface area contributed by atoms with Gasteiger partial charge in [0.1, 0.15) is 12.1 Å². The van der Waals surface area contributed by atoms with Gasteiger partial charge in [-0.2, -0.15) is 13.2 Å². The lowest BCUT2D eigenvalue weighted by molar-refractivity contribution is -0.137. The number of benzene rings is 2. The van der Waals surface area contributed by atoms with Crippen LogP contribution < -0.4 is 4.74 Å². The van der Waals surface area contributed by atoms with Crippen molar-refractivity contribution < 1.29 is 17.9 Å². The Morgan fingerprint density at radius 1 is 1.10 bits per heavy atom. The van der Waals surface area contributed by atoms with Gasteiger partial charge >= 0.3 is 6.18 Å². The van der Waals surface area contributed by atoms with Crippen molar-refractivity contribution in [2.24, 2.45) is 0 Å². The molecule has 2 aromatic carbocycles. The van der Waals surface area contributed by atoms with E-state index in [1.165, 1.54) is 18.5 Å². The summed E-state index contributed by atoms with van der Waals surface area (Å²) in [5.74, 6) is 0.753. The molecule has 0 bridgehead atoms. The van der Waals surface area contributed by atoms with Gasteiger partial charge in [-0.05, 0) is 65.7 Å². The van der Waals surface area contributed by atoms with Crippen molar-refractivity contribution >= 4 is 0 Å². The standard InChI is InChI=1S/C21H22F3N5O/c1-30-20-10-9-18(29-14-25-26-27-29)12-16(20)13-28-11-3-2-4-19(28)15-5-7-17(8-6-15)21(22,23)24/h5-10,12,14,19H,2-4,11,13H2,1H3. The Balaban J connectivity index is 1.60. The average molecular weight is 417 g/mol. The Hall–Kier alpha value is -2.94. The van der Waals surface area contributed by atoms with E-state index in [0.717, 1.165) is 48.4 Å². The monoisotopic (exact) mass is 417 g/mol. The molecule has 0 amide bonds. The highest BCUT2D eigenvalue weighted by molar-refractivity contribution is 5.43. The van der Waals surface area contributed by atoms with Gasteiger partial charge in [-0.1, -0.05) is 18.6 Å². The Kier molecular flexibility index (Phi) is 5.72. The molecule has 1 saturated heterocycles. The molecule has 4 rings (SSSR count). The fraction of sp³-hybridized carbons (Fsp3) is 0.381. The highest BCUT2D eigenvalue weighted by Crippen LogP contribution is 2.36. The molecule has 1 fully saturated rings. The molecule has 1 aromatic heterocycles. The van der Waals surface area contributed by atoms with Crippen molar-refractivity contribution in [3.05, 3.63) is 65.5 Å². The van der Waals surface area contributed by atoms with Crippen molar-refractivity contribution in [3.63, 3.8) is 0 Å². The van der Waals surface area contributed by atoms with Crippen LogP contribution >= 0.6 is 0 Å². The molecular formula is C21H22F3N5O. The maximum absolute atomic E-state index is 12.9. The number of alkyl halides is 3. The molecular weight excluding hydrogens is 395 g/mol. The van der Waals surface area contributed by atoms with E-state index in [-0.39, 0.29) is 6.04 Å². The van der Waals surface area contributed by atoms with Crippen LogP contribution in [0.3, 0.4) is 0 Å². The van der Waals surface area contributed by atoms with Gasteiger partial charge in [-0.25, -0.2) is 4.68 Å². The molecule has 3 aromatic rings. The SMILES string of the molecule is COc1ccc(-n2cnnn2)cc1CN1CCCCC1c1ccc(C(F)(F)F)cc1. The first-order valence-corrected chi connectivity index (χ1v) is 9.77. The van der Waals surface area contributed by atoms with E-state index in [9.17, 15) is 13.2 Å². The van der Waals surface area contributed by atoms with Crippen LogP contribution in [0.2, 0.25) is 0 Å². The number of tetrazole rings is 1. The smallest absolute Gasteiger partial charge is 0.416 e. The zero-order chi connectivity index (χ0) is 21.1. The molecule has 30 heavy (non-hydrogen) atoms. The van der Waals surface area contributed by atoms with Crippen LogP contribution in [0.5, 0.6) is 5.75 Å². The second-order valence-corrected chi connectivity index (χ2v) is 7.35. The number of ether oxygens (including phenoxy) is 1. The van der Waals surface area contributed by atoms with Gasteiger partial charge in [0.2, 0.25) is 0 Å². The third kappa shape index (κ3) is 4.30. The van der Waals surface area contributed by atoms with Crippen LogP contribution in [0, 0.1) is 0 Å². The Morgan fingerprint density at radius 3 is 2.57 bits per heavy atom. The number of halogens is 3. The molecule has 0 saturated carbocycles. The van der Waals surface area contributed by atoms with E-state index in [1.54, 1.807) is 23.9 Å². The van der Waals surface area contributed by atoms with Gasteiger partial charge in [-0.15, -0.1) is 5.10 Å². The molecule has 1 aliphatic heterocycles. The van der Waals surface area contributed by atoms with Crippen LogP contribution in [-0.2, 0) is 12.7 Å². The molecule has 0 aliphatic carbocycles. The molecule has 2 heterocycles. The largest absolute Gasteiger partial charge is 0.496 e. The number of rotatable bonds is 5.